The molecule has 1 amide bonds. The minimum atomic E-state index is -0.718. The van der Waals surface area contributed by atoms with Crippen molar-refractivity contribution in [2.45, 2.75) is 13.0 Å². The second kappa shape index (κ2) is 7.29. The SMILES string of the molecule is C[C@H](Oc1ccc(Cl)cc1Cl)C(=O)Nc1ccc(I)cn1. The maximum absolute atomic E-state index is 12.0. The van der Waals surface area contributed by atoms with Crippen molar-refractivity contribution < 1.29 is 9.53 Å². The van der Waals surface area contributed by atoms with E-state index in [1.807, 2.05) is 6.07 Å². The highest BCUT2D eigenvalue weighted by molar-refractivity contribution is 14.1. The van der Waals surface area contributed by atoms with Gasteiger partial charge in [0.1, 0.15) is 11.6 Å². The van der Waals surface area contributed by atoms with Gasteiger partial charge in [0.25, 0.3) is 5.91 Å². The summed E-state index contributed by atoms with van der Waals surface area (Å²) < 4.78 is 6.51. The Morgan fingerprint density at radius 2 is 2.10 bits per heavy atom. The summed E-state index contributed by atoms with van der Waals surface area (Å²) in [6.07, 6.45) is 0.947. The van der Waals surface area contributed by atoms with Crippen LogP contribution in [0.5, 0.6) is 5.75 Å². The number of anilines is 1. The first-order chi connectivity index (χ1) is 9.95. The van der Waals surface area contributed by atoms with E-state index in [-0.39, 0.29) is 5.91 Å². The lowest BCUT2D eigenvalue weighted by molar-refractivity contribution is -0.122. The second-order valence-electron chi connectivity index (χ2n) is 4.19. The summed E-state index contributed by atoms with van der Waals surface area (Å²) in [5.41, 5.74) is 0. The average Bonchev–Trinajstić information content (AvgIpc) is 2.44. The quantitative estimate of drug-likeness (QED) is 0.722. The molecule has 110 valence electrons. The van der Waals surface area contributed by atoms with Gasteiger partial charge < -0.3 is 10.1 Å². The van der Waals surface area contributed by atoms with Gasteiger partial charge in [-0.3, -0.25) is 4.79 Å². The molecule has 2 rings (SSSR count). The molecule has 1 aromatic heterocycles. The lowest BCUT2D eigenvalue weighted by atomic mass is 10.3. The maximum Gasteiger partial charge on any atom is 0.266 e. The molecule has 4 nitrogen and oxygen atoms in total. The Hall–Kier alpha value is -1.05. The number of amides is 1. The van der Waals surface area contributed by atoms with E-state index in [1.54, 1.807) is 37.4 Å². The molecule has 0 aliphatic carbocycles. The van der Waals surface area contributed by atoms with Crippen molar-refractivity contribution in [3.8, 4) is 5.75 Å². The first-order valence-corrected chi connectivity index (χ1v) is 7.83. The summed E-state index contributed by atoms with van der Waals surface area (Å²) in [6.45, 7) is 1.63. The van der Waals surface area contributed by atoms with Crippen LogP contribution in [-0.4, -0.2) is 17.0 Å². The first kappa shape index (κ1) is 16.3. The lowest BCUT2D eigenvalue weighted by Gasteiger charge is -2.15. The standard InChI is InChI=1S/C14H11Cl2IN2O2/c1-8(21-12-4-2-9(15)6-11(12)16)14(20)19-13-5-3-10(17)7-18-13/h2-8H,1H3,(H,18,19,20)/t8-/m0/s1. The molecular weight excluding hydrogens is 426 g/mol. The summed E-state index contributed by atoms with van der Waals surface area (Å²) in [5.74, 6) is 0.562. The van der Waals surface area contributed by atoms with Crippen LogP contribution in [0.1, 0.15) is 6.92 Å². The molecule has 21 heavy (non-hydrogen) atoms. The predicted octanol–water partition coefficient (Wildman–Crippen LogP) is 4.40. The van der Waals surface area contributed by atoms with Crippen molar-refractivity contribution in [3.63, 3.8) is 0 Å². The van der Waals surface area contributed by atoms with Gasteiger partial charge >= 0.3 is 0 Å². The smallest absolute Gasteiger partial charge is 0.266 e. The zero-order valence-corrected chi connectivity index (χ0v) is 14.6. The van der Waals surface area contributed by atoms with E-state index in [4.69, 9.17) is 27.9 Å². The number of nitrogens with one attached hydrogen (secondary N) is 1. The van der Waals surface area contributed by atoms with Crippen LogP contribution in [0.25, 0.3) is 0 Å². The lowest BCUT2D eigenvalue weighted by Crippen LogP contribution is -2.30. The number of aromatic nitrogens is 1. The Labute approximate surface area is 145 Å². The van der Waals surface area contributed by atoms with E-state index in [2.05, 4.69) is 32.9 Å². The maximum atomic E-state index is 12.0. The van der Waals surface area contributed by atoms with Crippen molar-refractivity contribution in [2.24, 2.45) is 0 Å². The van der Waals surface area contributed by atoms with Gasteiger partial charge in [0.05, 0.1) is 5.02 Å². The van der Waals surface area contributed by atoms with E-state index >= 15 is 0 Å². The number of pyridine rings is 1. The Bertz CT molecular complexity index is 650. The number of hydrogen-bond acceptors (Lipinski definition) is 3. The summed E-state index contributed by atoms with van der Waals surface area (Å²) in [4.78, 5) is 16.1. The van der Waals surface area contributed by atoms with Gasteiger partial charge in [-0.2, -0.15) is 0 Å². The van der Waals surface area contributed by atoms with Crippen molar-refractivity contribution in [1.82, 2.24) is 4.98 Å². The van der Waals surface area contributed by atoms with E-state index in [0.717, 1.165) is 3.57 Å². The molecule has 0 saturated carbocycles. The zero-order valence-electron chi connectivity index (χ0n) is 10.9. The topological polar surface area (TPSA) is 51.2 Å². The summed E-state index contributed by atoms with van der Waals surface area (Å²) in [7, 11) is 0. The van der Waals surface area contributed by atoms with Crippen LogP contribution in [-0.2, 0) is 4.79 Å². The predicted molar refractivity (Wildman–Crippen MR) is 92.1 cm³/mol. The fraction of sp³-hybridized carbons (Fsp3) is 0.143. The molecule has 0 aliphatic rings. The number of benzene rings is 1. The molecule has 7 heteroatoms. The molecule has 2 aromatic rings. The molecule has 1 aromatic carbocycles. The molecule has 0 bridgehead atoms. The number of hydrogen-bond donors (Lipinski definition) is 1. The molecule has 0 unspecified atom stereocenters. The molecule has 0 spiro atoms. The van der Waals surface area contributed by atoms with Gasteiger partial charge in [-0.05, 0) is 59.8 Å². The normalized spacial score (nSPS) is 11.8. The molecule has 0 saturated heterocycles. The Morgan fingerprint density at radius 1 is 1.33 bits per heavy atom. The van der Waals surface area contributed by atoms with E-state index in [1.165, 1.54) is 0 Å². The minimum Gasteiger partial charge on any atom is -0.479 e. The van der Waals surface area contributed by atoms with Gasteiger partial charge in [-0.15, -0.1) is 0 Å². The third kappa shape index (κ3) is 4.72. The number of rotatable bonds is 4. The van der Waals surface area contributed by atoms with Gasteiger partial charge in [0, 0.05) is 14.8 Å². The van der Waals surface area contributed by atoms with Crippen LogP contribution >= 0.6 is 45.8 Å². The minimum absolute atomic E-state index is 0.310. The molecule has 0 aliphatic heterocycles. The van der Waals surface area contributed by atoms with Crippen LogP contribution in [0.3, 0.4) is 0 Å². The third-order valence-electron chi connectivity index (χ3n) is 2.55. The Morgan fingerprint density at radius 3 is 2.71 bits per heavy atom. The van der Waals surface area contributed by atoms with Crippen LogP contribution in [0, 0.1) is 3.57 Å². The van der Waals surface area contributed by atoms with Crippen molar-refractivity contribution >= 4 is 57.5 Å². The van der Waals surface area contributed by atoms with Crippen molar-refractivity contribution in [2.75, 3.05) is 5.32 Å². The number of nitrogens with zero attached hydrogens (tertiary/aromatic N) is 1. The molecule has 1 heterocycles. The third-order valence-corrected chi connectivity index (χ3v) is 3.71. The number of ether oxygens (including phenoxy) is 1. The summed E-state index contributed by atoms with van der Waals surface area (Å²) in [5, 5.41) is 3.54. The summed E-state index contributed by atoms with van der Waals surface area (Å²) in [6, 6.07) is 8.40. The van der Waals surface area contributed by atoms with Crippen LogP contribution in [0.4, 0.5) is 5.82 Å². The fourth-order valence-corrected chi connectivity index (χ4v) is 2.26. The van der Waals surface area contributed by atoms with E-state index in [9.17, 15) is 4.79 Å². The highest BCUT2D eigenvalue weighted by Crippen LogP contribution is 2.28. The molecule has 0 radical (unpaired) electrons. The van der Waals surface area contributed by atoms with Crippen LogP contribution in [0.15, 0.2) is 36.5 Å². The average molecular weight is 437 g/mol. The van der Waals surface area contributed by atoms with Crippen molar-refractivity contribution in [1.29, 1.82) is 0 Å². The van der Waals surface area contributed by atoms with Gasteiger partial charge in [-0.25, -0.2) is 4.98 Å². The molecule has 1 N–H and O–H groups in total. The highest BCUT2D eigenvalue weighted by atomic mass is 127. The number of carbonyl (C=O) groups is 1. The van der Waals surface area contributed by atoms with E-state index in [0.29, 0.717) is 21.6 Å². The van der Waals surface area contributed by atoms with Gasteiger partial charge in [0.15, 0.2) is 6.10 Å². The van der Waals surface area contributed by atoms with Crippen molar-refractivity contribution in [3.05, 3.63) is 50.1 Å². The van der Waals surface area contributed by atoms with Gasteiger partial charge in [-0.1, -0.05) is 23.2 Å². The summed E-state index contributed by atoms with van der Waals surface area (Å²) >= 11 is 13.9. The van der Waals surface area contributed by atoms with Crippen LogP contribution in [0.2, 0.25) is 10.0 Å². The van der Waals surface area contributed by atoms with E-state index < -0.39 is 6.10 Å². The highest BCUT2D eigenvalue weighted by Gasteiger charge is 2.16. The van der Waals surface area contributed by atoms with Gasteiger partial charge in [0.2, 0.25) is 0 Å². The Kier molecular flexibility index (Phi) is 5.66. The fourth-order valence-electron chi connectivity index (χ4n) is 1.49. The van der Waals surface area contributed by atoms with Crippen LogP contribution < -0.4 is 10.1 Å². The monoisotopic (exact) mass is 436 g/mol. The number of carbonyl (C=O) groups excluding carboxylic acids is 1. The second-order valence-corrected chi connectivity index (χ2v) is 6.27. The molecule has 0 fully saturated rings. The Balaban J connectivity index is 2.00. The first-order valence-electron chi connectivity index (χ1n) is 6.00. The largest absolute Gasteiger partial charge is 0.479 e. The molecule has 1 atom stereocenters. The zero-order chi connectivity index (χ0) is 15.4. The molecular formula is C14H11Cl2IN2O2. The number of halogens is 3.